The third-order valence-corrected chi connectivity index (χ3v) is 5.81. The van der Waals surface area contributed by atoms with E-state index in [9.17, 15) is 5.11 Å². The first-order valence-corrected chi connectivity index (χ1v) is 9.89. The van der Waals surface area contributed by atoms with Crippen LogP contribution in [0.2, 0.25) is 0 Å². The van der Waals surface area contributed by atoms with Crippen molar-refractivity contribution in [2.75, 3.05) is 11.9 Å². The van der Waals surface area contributed by atoms with E-state index in [2.05, 4.69) is 49.7 Å². The normalized spacial score (nSPS) is 21.2. The van der Waals surface area contributed by atoms with Gasteiger partial charge in [0.25, 0.3) is 0 Å². The van der Waals surface area contributed by atoms with Crippen LogP contribution in [-0.4, -0.2) is 37.9 Å². The first-order chi connectivity index (χ1) is 13.3. The van der Waals surface area contributed by atoms with Gasteiger partial charge in [-0.15, -0.1) is 0 Å². The number of fused-ring (bicyclic) bond motifs is 1. The van der Waals surface area contributed by atoms with Crippen LogP contribution < -0.4 is 5.32 Å². The van der Waals surface area contributed by atoms with Crippen LogP contribution in [0.5, 0.6) is 0 Å². The maximum absolute atomic E-state index is 10.6. The molecule has 1 unspecified atom stereocenters. The van der Waals surface area contributed by atoms with E-state index in [1.165, 1.54) is 5.56 Å². The molecular weight excluding hydrogens is 338 g/mol. The number of nitrogens with zero attached hydrogens (tertiary/aromatic N) is 3. The Labute approximate surface area is 159 Å². The number of aliphatic hydroxyl groups is 1. The summed E-state index contributed by atoms with van der Waals surface area (Å²) in [4.78, 5) is 8.51. The number of hydrogen-bond donors (Lipinski definition) is 3. The van der Waals surface area contributed by atoms with Crippen LogP contribution in [-0.2, 0) is 6.42 Å². The molecule has 27 heavy (non-hydrogen) atoms. The number of hydrogen-bond acceptors (Lipinski definition) is 5. The highest BCUT2D eigenvalue weighted by atomic mass is 16.3. The fraction of sp³-hybridized carbons (Fsp3) is 0.476. The Hall–Kier alpha value is -2.47. The summed E-state index contributed by atoms with van der Waals surface area (Å²) in [5.41, 5.74) is 2.07. The molecule has 4 rings (SSSR count). The molecule has 1 aliphatic carbocycles. The zero-order valence-corrected chi connectivity index (χ0v) is 15.5. The number of rotatable bonds is 7. The average Bonchev–Trinajstić information content (AvgIpc) is 3.21. The lowest BCUT2D eigenvalue weighted by molar-refractivity contribution is 0.0684. The van der Waals surface area contributed by atoms with Gasteiger partial charge in [0.15, 0.2) is 5.65 Å². The highest BCUT2D eigenvalue weighted by Gasteiger charge is 2.26. The molecule has 2 aromatic heterocycles. The van der Waals surface area contributed by atoms with E-state index in [4.69, 9.17) is 0 Å². The minimum absolute atomic E-state index is 0.188. The number of aliphatic hydroxyl groups excluding tert-OH is 1. The van der Waals surface area contributed by atoms with Crippen LogP contribution in [0.25, 0.3) is 11.0 Å². The lowest BCUT2D eigenvalue weighted by Gasteiger charge is -2.31. The molecule has 1 aromatic carbocycles. The monoisotopic (exact) mass is 365 g/mol. The molecule has 0 saturated heterocycles. The van der Waals surface area contributed by atoms with Crippen molar-refractivity contribution in [3.63, 3.8) is 0 Å². The molecule has 3 N–H and O–H groups in total. The van der Waals surface area contributed by atoms with Gasteiger partial charge in [-0.05, 0) is 55.9 Å². The molecule has 6 heteroatoms. The van der Waals surface area contributed by atoms with Gasteiger partial charge in [0, 0.05) is 6.54 Å². The van der Waals surface area contributed by atoms with Crippen molar-refractivity contribution >= 4 is 16.9 Å². The van der Waals surface area contributed by atoms with Crippen molar-refractivity contribution in [2.24, 2.45) is 11.8 Å². The third-order valence-electron chi connectivity index (χ3n) is 5.81. The van der Waals surface area contributed by atoms with Gasteiger partial charge < -0.3 is 10.4 Å². The first-order valence-electron chi connectivity index (χ1n) is 9.89. The Morgan fingerprint density at radius 1 is 1.11 bits per heavy atom. The highest BCUT2D eigenvalue weighted by Crippen LogP contribution is 2.32. The van der Waals surface area contributed by atoms with Gasteiger partial charge in [0.1, 0.15) is 12.1 Å². The topological polar surface area (TPSA) is 86.7 Å². The highest BCUT2D eigenvalue weighted by molar-refractivity contribution is 5.85. The number of aryl methyl sites for hydroxylation is 1. The van der Waals surface area contributed by atoms with Gasteiger partial charge in [0.2, 0.25) is 0 Å². The predicted molar refractivity (Wildman–Crippen MR) is 106 cm³/mol. The fourth-order valence-corrected chi connectivity index (χ4v) is 4.12. The summed E-state index contributed by atoms with van der Waals surface area (Å²) < 4.78 is 0. The average molecular weight is 365 g/mol. The molecule has 2 heterocycles. The molecule has 0 radical (unpaired) electrons. The van der Waals surface area contributed by atoms with Crippen LogP contribution in [0.15, 0.2) is 42.9 Å². The van der Waals surface area contributed by atoms with Crippen LogP contribution in [0.3, 0.4) is 0 Å². The second-order valence-electron chi connectivity index (χ2n) is 7.61. The smallest absolute Gasteiger partial charge is 0.160 e. The first kappa shape index (κ1) is 17.9. The minimum atomic E-state index is -0.188. The van der Waals surface area contributed by atoms with E-state index in [-0.39, 0.29) is 6.10 Å². The summed E-state index contributed by atoms with van der Waals surface area (Å²) in [6, 6.07) is 10.4. The van der Waals surface area contributed by atoms with Gasteiger partial charge in [-0.1, -0.05) is 30.3 Å². The predicted octanol–water partition coefficient (Wildman–Crippen LogP) is 3.56. The van der Waals surface area contributed by atoms with Gasteiger partial charge in [-0.25, -0.2) is 9.97 Å². The van der Waals surface area contributed by atoms with Crippen molar-refractivity contribution in [2.45, 2.75) is 44.6 Å². The molecule has 1 saturated carbocycles. The number of benzene rings is 1. The Morgan fingerprint density at radius 2 is 1.93 bits per heavy atom. The van der Waals surface area contributed by atoms with E-state index in [1.54, 1.807) is 12.5 Å². The van der Waals surface area contributed by atoms with Crippen molar-refractivity contribution in [3.8, 4) is 0 Å². The maximum atomic E-state index is 10.6. The molecule has 0 amide bonds. The second-order valence-corrected chi connectivity index (χ2v) is 7.61. The summed E-state index contributed by atoms with van der Waals surface area (Å²) in [6.45, 7) is 0.907. The number of aromatic nitrogens is 4. The van der Waals surface area contributed by atoms with E-state index in [0.717, 1.165) is 61.9 Å². The second kappa shape index (κ2) is 8.48. The molecule has 1 fully saturated rings. The summed E-state index contributed by atoms with van der Waals surface area (Å²) >= 11 is 0. The van der Waals surface area contributed by atoms with Gasteiger partial charge in [0.05, 0.1) is 17.7 Å². The largest absolute Gasteiger partial charge is 0.393 e. The summed E-state index contributed by atoms with van der Waals surface area (Å²) in [5.74, 6) is 1.91. The third kappa shape index (κ3) is 4.45. The lowest BCUT2D eigenvalue weighted by atomic mass is 9.78. The van der Waals surface area contributed by atoms with E-state index in [0.29, 0.717) is 11.8 Å². The zero-order chi connectivity index (χ0) is 18.5. The molecule has 142 valence electrons. The minimum Gasteiger partial charge on any atom is -0.393 e. The van der Waals surface area contributed by atoms with Crippen molar-refractivity contribution in [1.82, 2.24) is 20.2 Å². The van der Waals surface area contributed by atoms with Gasteiger partial charge in [-0.3, -0.25) is 5.10 Å². The molecule has 3 aromatic rings. The molecule has 1 aliphatic rings. The van der Waals surface area contributed by atoms with Crippen LogP contribution in [0, 0.1) is 11.8 Å². The van der Waals surface area contributed by atoms with E-state index in [1.807, 2.05) is 6.07 Å². The Kier molecular flexibility index (Phi) is 5.63. The van der Waals surface area contributed by atoms with Crippen LogP contribution in [0.1, 0.15) is 37.7 Å². The number of nitrogens with one attached hydrogen (secondary N) is 2. The zero-order valence-electron chi connectivity index (χ0n) is 15.5. The van der Waals surface area contributed by atoms with E-state index >= 15 is 0 Å². The SMILES string of the molecule is OC(CCc1ccccc1)C1CCC(CNc2ncnc3[nH]ncc23)CC1. The van der Waals surface area contributed by atoms with Crippen molar-refractivity contribution < 1.29 is 5.11 Å². The number of aromatic amines is 1. The fourth-order valence-electron chi connectivity index (χ4n) is 4.12. The van der Waals surface area contributed by atoms with Gasteiger partial charge in [-0.2, -0.15) is 5.10 Å². The van der Waals surface area contributed by atoms with Crippen LogP contribution in [0.4, 0.5) is 5.82 Å². The molecular formula is C21H27N5O. The summed E-state index contributed by atoms with van der Waals surface area (Å²) in [7, 11) is 0. The van der Waals surface area contributed by atoms with Gasteiger partial charge >= 0.3 is 0 Å². The maximum Gasteiger partial charge on any atom is 0.160 e. The summed E-state index contributed by atoms with van der Waals surface area (Å²) in [5, 5.41) is 21.9. The van der Waals surface area contributed by atoms with E-state index < -0.39 is 0 Å². The standard InChI is InChI=1S/C21H27N5O/c27-19(11-8-15-4-2-1-3-5-15)17-9-6-16(7-10-17)12-22-20-18-13-25-26-21(18)24-14-23-20/h1-5,13-14,16-17,19,27H,6-12H2,(H2,22,23,24,25,26). The Morgan fingerprint density at radius 3 is 2.74 bits per heavy atom. The Balaban J connectivity index is 1.22. The lowest BCUT2D eigenvalue weighted by Crippen LogP contribution is -2.28. The quantitative estimate of drug-likeness (QED) is 0.596. The summed E-state index contributed by atoms with van der Waals surface area (Å²) in [6.07, 6.45) is 9.46. The molecule has 6 nitrogen and oxygen atoms in total. The molecule has 0 bridgehead atoms. The van der Waals surface area contributed by atoms with Crippen molar-refractivity contribution in [1.29, 1.82) is 0 Å². The Bertz CT molecular complexity index is 842. The molecule has 0 aliphatic heterocycles. The van der Waals surface area contributed by atoms with Crippen LogP contribution >= 0.6 is 0 Å². The number of H-pyrrole nitrogens is 1. The van der Waals surface area contributed by atoms with Crippen molar-refractivity contribution in [3.05, 3.63) is 48.4 Å². The number of anilines is 1. The molecule has 1 atom stereocenters. The molecule has 0 spiro atoms.